The normalized spacial score (nSPS) is 19.7. The van der Waals surface area contributed by atoms with Crippen molar-refractivity contribution in [3.05, 3.63) is 16.1 Å². The fraction of sp³-hybridized carbons (Fsp3) is 0.727. The average molecular weight is 210 g/mol. The van der Waals surface area contributed by atoms with Gasteiger partial charge in [0.05, 0.1) is 16.2 Å². The molecular formula is C11H18N2S. The maximum absolute atomic E-state index is 6.21. The fourth-order valence-corrected chi connectivity index (χ4v) is 2.91. The molecule has 0 aliphatic heterocycles. The maximum atomic E-state index is 6.21. The smallest absolute Gasteiger partial charge is 0.0931 e. The Hall–Kier alpha value is -0.410. The molecule has 1 aromatic rings. The van der Waals surface area contributed by atoms with Crippen LogP contribution in [0, 0.1) is 5.92 Å². The van der Waals surface area contributed by atoms with E-state index in [9.17, 15) is 0 Å². The third-order valence-corrected chi connectivity index (χ3v) is 3.76. The molecule has 0 spiro atoms. The van der Waals surface area contributed by atoms with E-state index < -0.39 is 0 Å². The zero-order valence-electron chi connectivity index (χ0n) is 8.92. The van der Waals surface area contributed by atoms with E-state index >= 15 is 0 Å². The molecule has 2 nitrogen and oxygen atoms in total. The Morgan fingerprint density at radius 2 is 2.29 bits per heavy atom. The zero-order chi connectivity index (χ0) is 10.2. The van der Waals surface area contributed by atoms with Gasteiger partial charge in [-0.25, -0.2) is 4.98 Å². The van der Waals surface area contributed by atoms with E-state index in [1.165, 1.54) is 11.4 Å². The molecule has 0 atom stereocenters. The lowest BCUT2D eigenvalue weighted by Crippen LogP contribution is -2.43. The first-order valence-corrected chi connectivity index (χ1v) is 6.22. The average Bonchev–Trinajstić information content (AvgIpc) is 2.47. The lowest BCUT2D eigenvalue weighted by atomic mass is 9.76. The summed E-state index contributed by atoms with van der Waals surface area (Å²) in [6.07, 6.45) is 4.56. The summed E-state index contributed by atoms with van der Waals surface area (Å²) in [5, 5.41) is 3.39. The van der Waals surface area contributed by atoms with Gasteiger partial charge in [0.1, 0.15) is 0 Å². The molecule has 0 bridgehead atoms. The standard InChI is InChI=1S/C11H18N2S/c1-8(2)6-10-13-9(7-14-10)11(12)4-3-5-11/h7-8H,3-6,12H2,1-2H3. The van der Waals surface area contributed by atoms with Crippen LogP contribution in [-0.2, 0) is 12.0 Å². The minimum atomic E-state index is -0.0776. The third-order valence-electron chi connectivity index (χ3n) is 2.89. The first-order valence-electron chi connectivity index (χ1n) is 5.34. The monoisotopic (exact) mass is 210 g/mol. The molecule has 0 unspecified atom stereocenters. The molecule has 78 valence electrons. The first-order chi connectivity index (χ1) is 6.60. The van der Waals surface area contributed by atoms with Crippen molar-refractivity contribution in [2.45, 2.75) is 45.1 Å². The Kier molecular flexibility index (Phi) is 2.62. The van der Waals surface area contributed by atoms with Crippen LogP contribution in [0.4, 0.5) is 0 Å². The van der Waals surface area contributed by atoms with E-state index in [4.69, 9.17) is 5.73 Å². The molecule has 1 aromatic heterocycles. The summed E-state index contributed by atoms with van der Waals surface area (Å²) in [5.74, 6) is 0.684. The summed E-state index contributed by atoms with van der Waals surface area (Å²) in [6, 6.07) is 0. The van der Waals surface area contributed by atoms with Crippen LogP contribution in [0.3, 0.4) is 0 Å². The molecular weight excluding hydrogens is 192 g/mol. The minimum absolute atomic E-state index is 0.0776. The molecule has 1 fully saturated rings. The highest BCUT2D eigenvalue weighted by Crippen LogP contribution is 2.38. The van der Waals surface area contributed by atoms with Crippen molar-refractivity contribution in [3.8, 4) is 0 Å². The molecule has 1 aliphatic rings. The SMILES string of the molecule is CC(C)Cc1nc(C2(N)CCC2)cs1. The van der Waals surface area contributed by atoms with Crippen LogP contribution in [-0.4, -0.2) is 4.98 Å². The molecule has 0 amide bonds. The topological polar surface area (TPSA) is 38.9 Å². The van der Waals surface area contributed by atoms with Gasteiger partial charge in [-0.2, -0.15) is 0 Å². The summed E-state index contributed by atoms with van der Waals surface area (Å²) >= 11 is 1.76. The maximum Gasteiger partial charge on any atom is 0.0931 e. The largest absolute Gasteiger partial charge is 0.320 e. The van der Waals surface area contributed by atoms with Crippen molar-refractivity contribution < 1.29 is 0 Å². The fourth-order valence-electron chi connectivity index (χ4n) is 1.80. The Bertz CT molecular complexity index is 313. The van der Waals surface area contributed by atoms with Crippen LogP contribution in [0.2, 0.25) is 0 Å². The summed E-state index contributed by atoms with van der Waals surface area (Å²) in [6.45, 7) is 4.45. The van der Waals surface area contributed by atoms with E-state index in [0.717, 1.165) is 25.0 Å². The highest BCUT2D eigenvalue weighted by Gasteiger charge is 2.36. The number of hydrogen-bond acceptors (Lipinski definition) is 3. The van der Waals surface area contributed by atoms with Crippen molar-refractivity contribution >= 4 is 11.3 Å². The highest BCUT2D eigenvalue weighted by molar-refractivity contribution is 7.09. The van der Waals surface area contributed by atoms with Gasteiger partial charge >= 0.3 is 0 Å². The Balaban J connectivity index is 2.09. The zero-order valence-corrected chi connectivity index (χ0v) is 9.73. The molecule has 0 saturated heterocycles. The summed E-state index contributed by atoms with van der Waals surface area (Å²) < 4.78 is 0. The number of nitrogens with two attached hydrogens (primary N) is 1. The Morgan fingerprint density at radius 3 is 2.79 bits per heavy atom. The van der Waals surface area contributed by atoms with Gasteiger partial charge in [-0.3, -0.25) is 0 Å². The second kappa shape index (κ2) is 3.63. The molecule has 2 rings (SSSR count). The predicted octanol–water partition coefficient (Wildman–Crippen LogP) is 2.68. The minimum Gasteiger partial charge on any atom is -0.320 e. The Morgan fingerprint density at radius 1 is 1.57 bits per heavy atom. The van der Waals surface area contributed by atoms with Crippen LogP contribution < -0.4 is 5.73 Å². The Labute approximate surface area is 89.5 Å². The van der Waals surface area contributed by atoms with E-state index in [1.807, 2.05) is 0 Å². The van der Waals surface area contributed by atoms with Gasteiger partial charge in [0.25, 0.3) is 0 Å². The van der Waals surface area contributed by atoms with Gasteiger partial charge < -0.3 is 5.73 Å². The van der Waals surface area contributed by atoms with Gasteiger partial charge in [-0.15, -0.1) is 11.3 Å². The number of nitrogens with zero attached hydrogens (tertiary/aromatic N) is 1. The molecule has 1 heterocycles. The predicted molar refractivity (Wildman–Crippen MR) is 60.4 cm³/mol. The van der Waals surface area contributed by atoms with E-state index in [1.54, 1.807) is 11.3 Å². The second-order valence-electron chi connectivity index (χ2n) is 4.73. The van der Waals surface area contributed by atoms with Crippen molar-refractivity contribution in [1.82, 2.24) is 4.98 Å². The van der Waals surface area contributed by atoms with E-state index in [0.29, 0.717) is 5.92 Å². The second-order valence-corrected chi connectivity index (χ2v) is 5.68. The van der Waals surface area contributed by atoms with Gasteiger partial charge in [-0.05, 0) is 25.2 Å². The van der Waals surface area contributed by atoms with Crippen molar-refractivity contribution in [2.24, 2.45) is 11.7 Å². The molecule has 1 aliphatic carbocycles. The number of thiazole rings is 1. The van der Waals surface area contributed by atoms with Gasteiger partial charge in [0, 0.05) is 11.8 Å². The summed E-state index contributed by atoms with van der Waals surface area (Å²) in [7, 11) is 0. The first kappa shape index (κ1) is 10.1. The van der Waals surface area contributed by atoms with Gasteiger partial charge in [0.15, 0.2) is 0 Å². The van der Waals surface area contributed by atoms with Gasteiger partial charge in [0.2, 0.25) is 0 Å². The van der Waals surface area contributed by atoms with Gasteiger partial charge in [-0.1, -0.05) is 13.8 Å². The third kappa shape index (κ3) is 1.84. The molecule has 0 radical (unpaired) electrons. The summed E-state index contributed by atoms with van der Waals surface area (Å²) in [4.78, 5) is 4.64. The molecule has 2 N–H and O–H groups in total. The van der Waals surface area contributed by atoms with Crippen LogP contribution in [0.1, 0.15) is 43.8 Å². The lowest BCUT2D eigenvalue weighted by molar-refractivity contribution is 0.247. The van der Waals surface area contributed by atoms with Crippen molar-refractivity contribution in [3.63, 3.8) is 0 Å². The number of rotatable bonds is 3. The van der Waals surface area contributed by atoms with Crippen molar-refractivity contribution in [2.75, 3.05) is 0 Å². The van der Waals surface area contributed by atoms with E-state index in [-0.39, 0.29) is 5.54 Å². The quantitative estimate of drug-likeness (QED) is 0.833. The van der Waals surface area contributed by atoms with Crippen LogP contribution >= 0.6 is 11.3 Å². The molecule has 3 heteroatoms. The molecule has 1 saturated carbocycles. The highest BCUT2D eigenvalue weighted by atomic mass is 32.1. The van der Waals surface area contributed by atoms with Crippen LogP contribution in [0.25, 0.3) is 0 Å². The summed E-state index contributed by atoms with van der Waals surface area (Å²) in [5.41, 5.74) is 7.26. The van der Waals surface area contributed by atoms with Crippen LogP contribution in [0.15, 0.2) is 5.38 Å². The molecule has 0 aromatic carbocycles. The molecule has 14 heavy (non-hydrogen) atoms. The van der Waals surface area contributed by atoms with E-state index in [2.05, 4.69) is 24.2 Å². The van der Waals surface area contributed by atoms with Crippen molar-refractivity contribution in [1.29, 1.82) is 0 Å². The number of aromatic nitrogens is 1. The van der Waals surface area contributed by atoms with Crippen LogP contribution in [0.5, 0.6) is 0 Å². The number of hydrogen-bond donors (Lipinski definition) is 1. The lowest BCUT2D eigenvalue weighted by Gasteiger charge is -2.36.